The zero-order valence-electron chi connectivity index (χ0n) is 21.2. The zero-order chi connectivity index (χ0) is 26.3. The number of hydrogen-bond donors (Lipinski definition) is 0. The monoisotopic (exact) mass is 532 g/mol. The molecule has 3 aromatic rings. The summed E-state index contributed by atoms with van der Waals surface area (Å²) in [4.78, 5) is 34.4. The van der Waals surface area contributed by atoms with E-state index < -0.39 is 4.87 Å². The van der Waals surface area contributed by atoms with E-state index in [0.29, 0.717) is 19.0 Å². The summed E-state index contributed by atoms with van der Waals surface area (Å²) in [5.74, 6) is 0.540. The fourth-order valence-electron chi connectivity index (χ4n) is 5.55. The molecule has 0 radical (unpaired) electrons. The normalized spacial score (nSPS) is 21.5. The fraction of sp³-hybridized carbons (Fsp3) is 0.310. The van der Waals surface area contributed by atoms with Crippen LogP contribution < -0.4 is 19.4 Å². The van der Waals surface area contributed by atoms with Gasteiger partial charge < -0.3 is 9.64 Å². The third-order valence-corrected chi connectivity index (χ3v) is 8.76. The molecule has 3 aliphatic rings. The van der Waals surface area contributed by atoms with E-state index >= 15 is 0 Å². The van der Waals surface area contributed by atoms with Crippen LogP contribution in [0.3, 0.4) is 0 Å². The number of thioether (sulfide) groups is 1. The van der Waals surface area contributed by atoms with Gasteiger partial charge in [-0.1, -0.05) is 18.2 Å². The Labute approximate surface area is 225 Å². The second-order valence-corrected chi connectivity index (χ2v) is 10.7. The minimum atomic E-state index is -1.13. The number of piperazine rings is 1. The maximum Gasteiger partial charge on any atom is 0.269 e. The summed E-state index contributed by atoms with van der Waals surface area (Å²) in [6.45, 7) is 6.03. The van der Waals surface area contributed by atoms with Crippen molar-refractivity contribution in [2.75, 3.05) is 59.9 Å². The van der Waals surface area contributed by atoms with Crippen molar-refractivity contribution in [1.29, 1.82) is 0 Å². The van der Waals surface area contributed by atoms with E-state index in [1.807, 2.05) is 60.4 Å². The Morgan fingerprint density at radius 3 is 2.29 bits per heavy atom. The van der Waals surface area contributed by atoms with Crippen molar-refractivity contribution in [2.45, 2.75) is 11.8 Å². The highest BCUT2D eigenvalue weighted by Gasteiger charge is 2.61. The minimum absolute atomic E-state index is 0.0860. The molecule has 3 aliphatic heterocycles. The van der Waals surface area contributed by atoms with Crippen LogP contribution in [0.15, 0.2) is 72.8 Å². The molecule has 1 atom stereocenters. The van der Waals surface area contributed by atoms with E-state index in [9.17, 15) is 14.0 Å². The average Bonchev–Trinajstić information content (AvgIpc) is 3.41. The summed E-state index contributed by atoms with van der Waals surface area (Å²) in [6, 6.07) is 21.8. The van der Waals surface area contributed by atoms with E-state index in [4.69, 9.17) is 4.74 Å². The molecule has 1 spiro atoms. The first-order chi connectivity index (χ1) is 18.5. The summed E-state index contributed by atoms with van der Waals surface area (Å²) < 4.78 is 18.9. The summed E-state index contributed by atoms with van der Waals surface area (Å²) in [5.41, 5.74) is 3.37. The number of amides is 2. The van der Waals surface area contributed by atoms with Gasteiger partial charge in [-0.3, -0.25) is 24.3 Å². The number of benzene rings is 3. The minimum Gasteiger partial charge on any atom is -0.494 e. The standard InChI is InChI=1S/C29H29FN4O3S/c1-2-37-24-13-11-23(12-14-24)34-27(35)19-38-29(34)25-5-3-4-6-26(25)33(28(29)36)20-31-15-17-32(18-16-31)22-9-7-21(30)8-10-22/h3-14H,2,15-20H2,1H3. The summed E-state index contributed by atoms with van der Waals surface area (Å²) in [5, 5.41) is 0. The first kappa shape index (κ1) is 24.8. The van der Waals surface area contributed by atoms with Gasteiger partial charge in [-0.25, -0.2) is 4.39 Å². The Morgan fingerprint density at radius 2 is 1.58 bits per heavy atom. The van der Waals surface area contributed by atoms with Gasteiger partial charge in [0.15, 0.2) is 0 Å². The number of carbonyl (C=O) groups is 2. The molecule has 196 valence electrons. The van der Waals surface area contributed by atoms with E-state index in [1.165, 1.54) is 23.9 Å². The van der Waals surface area contributed by atoms with Gasteiger partial charge in [0.05, 0.1) is 24.7 Å². The highest BCUT2D eigenvalue weighted by molar-refractivity contribution is 8.02. The van der Waals surface area contributed by atoms with Crippen molar-refractivity contribution in [3.8, 4) is 5.75 Å². The van der Waals surface area contributed by atoms with E-state index in [2.05, 4.69) is 9.80 Å². The number of nitrogens with zero attached hydrogens (tertiary/aromatic N) is 4. The molecule has 0 saturated carbocycles. The topological polar surface area (TPSA) is 56.3 Å². The largest absolute Gasteiger partial charge is 0.494 e. The van der Waals surface area contributed by atoms with Crippen molar-refractivity contribution in [3.63, 3.8) is 0 Å². The van der Waals surface area contributed by atoms with Gasteiger partial charge in [0.25, 0.3) is 5.91 Å². The first-order valence-corrected chi connectivity index (χ1v) is 13.8. The summed E-state index contributed by atoms with van der Waals surface area (Å²) in [6.07, 6.45) is 0. The molecule has 0 bridgehead atoms. The maximum absolute atomic E-state index is 14.3. The molecule has 0 aromatic heterocycles. The molecule has 38 heavy (non-hydrogen) atoms. The Bertz CT molecular complexity index is 1340. The zero-order valence-corrected chi connectivity index (χ0v) is 22.0. The smallest absolute Gasteiger partial charge is 0.269 e. The van der Waals surface area contributed by atoms with E-state index in [1.54, 1.807) is 17.0 Å². The number of carbonyl (C=O) groups excluding carboxylic acids is 2. The molecule has 2 fully saturated rings. The maximum atomic E-state index is 14.3. The third-order valence-electron chi connectivity index (χ3n) is 7.38. The second kappa shape index (κ2) is 9.96. The van der Waals surface area contributed by atoms with Crippen LogP contribution in [0.4, 0.5) is 21.5 Å². The molecule has 3 heterocycles. The lowest BCUT2D eigenvalue weighted by Gasteiger charge is -2.38. The third kappa shape index (κ3) is 4.10. The van der Waals surface area contributed by atoms with Gasteiger partial charge in [0, 0.05) is 43.1 Å². The summed E-state index contributed by atoms with van der Waals surface area (Å²) in [7, 11) is 0. The highest BCUT2D eigenvalue weighted by atomic mass is 32.2. The molecule has 0 N–H and O–H groups in total. The van der Waals surface area contributed by atoms with Crippen LogP contribution in [-0.2, 0) is 14.5 Å². The van der Waals surface area contributed by atoms with Gasteiger partial charge in [-0.15, -0.1) is 11.8 Å². The Balaban J connectivity index is 1.25. The summed E-state index contributed by atoms with van der Waals surface area (Å²) >= 11 is 1.39. The molecular formula is C29H29FN4O3S. The van der Waals surface area contributed by atoms with Crippen molar-refractivity contribution < 1.29 is 18.7 Å². The van der Waals surface area contributed by atoms with Crippen molar-refractivity contribution in [2.24, 2.45) is 0 Å². The van der Waals surface area contributed by atoms with Crippen LogP contribution in [0.2, 0.25) is 0 Å². The molecule has 7 nitrogen and oxygen atoms in total. The van der Waals surface area contributed by atoms with Crippen LogP contribution in [-0.4, -0.2) is 61.9 Å². The molecule has 6 rings (SSSR count). The molecule has 3 aromatic carbocycles. The number of halogens is 1. The molecule has 9 heteroatoms. The van der Waals surface area contributed by atoms with Crippen molar-refractivity contribution in [1.82, 2.24) is 4.90 Å². The number of ether oxygens (including phenoxy) is 1. The highest BCUT2D eigenvalue weighted by Crippen LogP contribution is 2.55. The van der Waals surface area contributed by atoms with Gasteiger partial charge in [-0.05, 0) is 61.5 Å². The van der Waals surface area contributed by atoms with E-state index in [0.717, 1.165) is 48.9 Å². The van der Waals surface area contributed by atoms with Crippen LogP contribution in [0.25, 0.3) is 0 Å². The number of hydrogen-bond acceptors (Lipinski definition) is 6. The number of para-hydroxylation sites is 1. The molecule has 1 unspecified atom stereocenters. The first-order valence-electron chi connectivity index (χ1n) is 12.9. The Kier molecular flexibility index (Phi) is 6.49. The van der Waals surface area contributed by atoms with Gasteiger partial charge in [0.2, 0.25) is 10.8 Å². The molecule has 2 amide bonds. The lowest BCUT2D eigenvalue weighted by molar-refractivity contribution is -0.124. The predicted molar refractivity (Wildman–Crippen MR) is 148 cm³/mol. The van der Waals surface area contributed by atoms with Gasteiger partial charge in [-0.2, -0.15) is 0 Å². The SMILES string of the molecule is CCOc1ccc(N2C(=O)CSC23C(=O)N(CN2CCN(c4ccc(F)cc4)CC2)c2ccccc23)cc1. The number of anilines is 3. The lowest BCUT2D eigenvalue weighted by atomic mass is 10.0. The number of fused-ring (bicyclic) bond motifs is 2. The quantitative estimate of drug-likeness (QED) is 0.472. The van der Waals surface area contributed by atoms with Crippen molar-refractivity contribution >= 4 is 40.6 Å². The fourth-order valence-corrected chi connectivity index (χ4v) is 6.91. The molecular weight excluding hydrogens is 503 g/mol. The van der Waals surface area contributed by atoms with Gasteiger partial charge in [0.1, 0.15) is 11.6 Å². The molecule has 0 aliphatic carbocycles. The Hall–Kier alpha value is -3.56. The van der Waals surface area contributed by atoms with Crippen LogP contribution in [0, 0.1) is 5.82 Å². The van der Waals surface area contributed by atoms with Gasteiger partial charge >= 0.3 is 0 Å². The van der Waals surface area contributed by atoms with Crippen molar-refractivity contribution in [3.05, 3.63) is 84.2 Å². The predicted octanol–water partition coefficient (Wildman–Crippen LogP) is 4.28. The van der Waals surface area contributed by atoms with E-state index in [-0.39, 0.29) is 23.4 Å². The van der Waals surface area contributed by atoms with Crippen LogP contribution >= 0.6 is 11.8 Å². The average molecular weight is 533 g/mol. The second-order valence-electron chi connectivity index (χ2n) is 9.56. The lowest BCUT2D eigenvalue weighted by Crippen LogP contribution is -2.54. The number of rotatable bonds is 6. The molecule has 2 saturated heterocycles. The van der Waals surface area contributed by atoms with Crippen LogP contribution in [0.1, 0.15) is 12.5 Å². The Morgan fingerprint density at radius 1 is 0.895 bits per heavy atom. The van der Waals surface area contributed by atoms with Crippen LogP contribution in [0.5, 0.6) is 5.75 Å².